The summed E-state index contributed by atoms with van der Waals surface area (Å²) in [6.45, 7) is -0.337. The highest BCUT2D eigenvalue weighted by atomic mass is 19.1. The number of nitrogens with zero attached hydrogens (tertiary/aromatic N) is 4. The number of aromatic nitrogens is 4. The molecule has 0 radical (unpaired) electrons. The van der Waals surface area contributed by atoms with E-state index in [-0.39, 0.29) is 35.4 Å². The van der Waals surface area contributed by atoms with E-state index in [9.17, 15) is 19.7 Å². The SMILES string of the molecule is Nc1nc(OCCc2ccccc2F)nc2c1ncn2[C@@H]1O[C@H](CO)[C@@H](O)[C@H]1O. The van der Waals surface area contributed by atoms with E-state index >= 15 is 0 Å². The van der Waals surface area contributed by atoms with Crippen LogP contribution in [0.2, 0.25) is 0 Å². The molecule has 5 N–H and O–H groups in total. The van der Waals surface area contributed by atoms with E-state index < -0.39 is 31.1 Å². The van der Waals surface area contributed by atoms with Gasteiger partial charge in [-0.3, -0.25) is 4.57 Å². The molecular weight excluding hydrogens is 385 g/mol. The molecule has 1 aliphatic rings. The van der Waals surface area contributed by atoms with Crippen molar-refractivity contribution in [1.29, 1.82) is 0 Å². The lowest BCUT2D eigenvalue weighted by Gasteiger charge is -2.16. The van der Waals surface area contributed by atoms with Crippen LogP contribution < -0.4 is 10.5 Å². The first-order valence-corrected chi connectivity index (χ1v) is 8.98. The smallest absolute Gasteiger partial charge is 0.320 e. The molecule has 154 valence electrons. The average Bonchev–Trinajstić information content (AvgIpc) is 3.25. The number of hydrogen-bond donors (Lipinski definition) is 4. The Hall–Kier alpha value is -2.86. The van der Waals surface area contributed by atoms with Gasteiger partial charge in [-0.15, -0.1) is 0 Å². The summed E-state index contributed by atoms with van der Waals surface area (Å²) in [7, 11) is 0. The van der Waals surface area contributed by atoms with Crippen LogP contribution in [0.25, 0.3) is 11.2 Å². The molecule has 0 aliphatic carbocycles. The standard InChI is InChI=1S/C18H20FN5O5/c19-10-4-2-1-3-9(10)5-6-28-18-22-15(20)12-16(23-18)24(8-21-12)17-14(27)13(26)11(7-25)29-17/h1-4,8,11,13-14,17,25-27H,5-7H2,(H2,20,22,23)/t11-,13-,14-,17-/m1/s1. The van der Waals surface area contributed by atoms with E-state index in [0.29, 0.717) is 12.0 Å². The molecule has 0 spiro atoms. The molecule has 3 aromatic rings. The Labute approximate surface area is 164 Å². The topological polar surface area (TPSA) is 149 Å². The first kappa shape index (κ1) is 19.5. The second-order valence-corrected chi connectivity index (χ2v) is 6.63. The number of aliphatic hydroxyl groups excluding tert-OH is 3. The number of ether oxygens (including phenoxy) is 2. The van der Waals surface area contributed by atoms with Gasteiger partial charge in [0.05, 0.1) is 19.5 Å². The summed E-state index contributed by atoms with van der Waals surface area (Å²) >= 11 is 0. The monoisotopic (exact) mass is 405 g/mol. The number of nitrogen functional groups attached to an aromatic ring is 1. The van der Waals surface area contributed by atoms with Crippen molar-refractivity contribution in [2.75, 3.05) is 18.9 Å². The summed E-state index contributed by atoms with van der Waals surface area (Å²) in [4.78, 5) is 12.4. The van der Waals surface area contributed by atoms with Crippen LogP contribution in [0.15, 0.2) is 30.6 Å². The van der Waals surface area contributed by atoms with Gasteiger partial charge in [-0.05, 0) is 11.6 Å². The van der Waals surface area contributed by atoms with Gasteiger partial charge in [0.2, 0.25) is 0 Å². The van der Waals surface area contributed by atoms with Crippen LogP contribution in [0.1, 0.15) is 11.8 Å². The maximum atomic E-state index is 13.7. The van der Waals surface area contributed by atoms with Crippen LogP contribution in [-0.2, 0) is 11.2 Å². The van der Waals surface area contributed by atoms with Crippen molar-refractivity contribution in [3.8, 4) is 6.01 Å². The summed E-state index contributed by atoms with van der Waals surface area (Å²) in [6, 6.07) is 6.33. The summed E-state index contributed by atoms with van der Waals surface area (Å²) < 4.78 is 26.1. The van der Waals surface area contributed by atoms with E-state index in [0.717, 1.165) is 0 Å². The third kappa shape index (κ3) is 3.60. The van der Waals surface area contributed by atoms with E-state index in [1.165, 1.54) is 17.0 Å². The Morgan fingerprint density at radius 3 is 2.72 bits per heavy atom. The Balaban J connectivity index is 1.56. The molecule has 4 rings (SSSR count). The Bertz CT molecular complexity index is 1020. The van der Waals surface area contributed by atoms with Crippen molar-refractivity contribution in [2.45, 2.75) is 31.0 Å². The number of anilines is 1. The zero-order valence-electron chi connectivity index (χ0n) is 15.2. The van der Waals surface area contributed by atoms with Crippen LogP contribution in [0, 0.1) is 5.82 Å². The van der Waals surface area contributed by atoms with Crippen molar-refractivity contribution in [3.63, 3.8) is 0 Å². The molecule has 0 bridgehead atoms. The minimum Gasteiger partial charge on any atom is -0.463 e. The molecule has 10 nitrogen and oxygen atoms in total. The molecule has 29 heavy (non-hydrogen) atoms. The molecule has 0 amide bonds. The van der Waals surface area contributed by atoms with E-state index in [1.54, 1.807) is 18.2 Å². The lowest BCUT2D eigenvalue weighted by Crippen LogP contribution is -2.33. The third-order valence-electron chi connectivity index (χ3n) is 4.78. The van der Waals surface area contributed by atoms with E-state index in [1.807, 2.05) is 0 Å². The molecule has 1 aromatic carbocycles. The minimum absolute atomic E-state index is 0.0418. The second-order valence-electron chi connectivity index (χ2n) is 6.63. The van der Waals surface area contributed by atoms with Crippen molar-refractivity contribution in [2.24, 2.45) is 0 Å². The lowest BCUT2D eigenvalue weighted by atomic mass is 10.1. The van der Waals surface area contributed by atoms with Crippen molar-refractivity contribution in [1.82, 2.24) is 19.5 Å². The quantitative estimate of drug-likeness (QED) is 0.437. The first-order chi connectivity index (χ1) is 14.0. The van der Waals surface area contributed by atoms with Gasteiger partial charge in [0.15, 0.2) is 23.2 Å². The number of benzene rings is 1. The zero-order chi connectivity index (χ0) is 20.5. The van der Waals surface area contributed by atoms with Gasteiger partial charge in [0.25, 0.3) is 0 Å². The summed E-state index contributed by atoms with van der Waals surface area (Å²) in [6.07, 6.45) is -2.87. The maximum absolute atomic E-state index is 13.7. The van der Waals surface area contributed by atoms with Crippen LogP contribution in [-0.4, -0.2) is 66.4 Å². The van der Waals surface area contributed by atoms with Gasteiger partial charge in [-0.2, -0.15) is 9.97 Å². The fraction of sp³-hybridized carbons (Fsp3) is 0.389. The van der Waals surface area contributed by atoms with Gasteiger partial charge >= 0.3 is 6.01 Å². The first-order valence-electron chi connectivity index (χ1n) is 8.98. The lowest BCUT2D eigenvalue weighted by molar-refractivity contribution is -0.0511. The zero-order valence-corrected chi connectivity index (χ0v) is 15.2. The summed E-state index contributed by atoms with van der Waals surface area (Å²) in [5.41, 5.74) is 6.93. The van der Waals surface area contributed by atoms with Crippen molar-refractivity contribution >= 4 is 17.0 Å². The molecule has 0 saturated carbocycles. The predicted molar refractivity (Wildman–Crippen MR) is 98.3 cm³/mol. The number of rotatable bonds is 6. The fourth-order valence-corrected chi connectivity index (χ4v) is 3.23. The van der Waals surface area contributed by atoms with Gasteiger partial charge in [-0.1, -0.05) is 18.2 Å². The fourth-order valence-electron chi connectivity index (χ4n) is 3.23. The molecule has 4 atom stereocenters. The largest absolute Gasteiger partial charge is 0.463 e. The van der Waals surface area contributed by atoms with E-state index in [4.69, 9.17) is 15.2 Å². The second kappa shape index (κ2) is 7.87. The summed E-state index contributed by atoms with van der Waals surface area (Å²) in [5, 5.41) is 29.5. The highest BCUT2D eigenvalue weighted by molar-refractivity contribution is 5.82. The molecule has 1 saturated heterocycles. The Morgan fingerprint density at radius 2 is 2.00 bits per heavy atom. The van der Waals surface area contributed by atoms with Gasteiger partial charge < -0.3 is 30.5 Å². The minimum atomic E-state index is -1.30. The normalized spacial score (nSPS) is 24.3. The van der Waals surface area contributed by atoms with E-state index in [2.05, 4.69) is 15.0 Å². The van der Waals surface area contributed by atoms with Gasteiger partial charge in [0.1, 0.15) is 24.1 Å². The molecule has 0 unspecified atom stereocenters. The van der Waals surface area contributed by atoms with Crippen LogP contribution in [0.3, 0.4) is 0 Å². The summed E-state index contributed by atoms with van der Waals surface area (Å²) in [5.74, 6) is -0.268. The van der Waals surface area contributed by atoms with Crippen LogP contribution >= 0.6 is 0 Å². The number of imidazole rings is 1. The third-order valence-corrected chi connectivity index (χ3v) is 4.78. The molecule has 1 aliphatic heterocycles. The Kier molecular flexibility index (Phi) is 5.28. The molecule has 2 aromatic heterocycles. The van der Waals surface area contributed by atoms with Crippen LogP contribution in [0.5, 0.6) is 6.01 Å². The highest BCUT2D eigenvalue weighted by Gasteiger charge is 2.44. The Morgan fingerprint density at radius 1 is 1.21 bits per heavy atom. The number of fused-ring (bicyclic) bond motifs is 1. The molecular formula is C18H20FN5O5. The van der Waals surface area contributed by atoms with Crippen LogP contribution in [0.4, 0.5) is 10.2 Å². The van der Waals surface area contributed by atoms with Crippen molar-refractivity contribution in [3.05, 3.63) is 42.0 Å². The predicted octanol–water partition coefficient (Wildman–Crippen LogP) is -0.219. The highest BCUT2D eigenvalue weighted by Crippen LogP contribution is 2.32. The molecule has 1 fully saturated rings. The number of hydrogen-bond acceptors (Lipinski definition) is 9. The molecule has 11 heteroatoms. The van der Waals surface area contributed by atoms with Gasteiger partial charge in [0, 0.05) is 6.42 Å². The molecule has 3 heterocycles. The number of aliphatic hydroxyl groups is 3. The number of nitrogens with two attached hydrogens (primary N) is 1. The number of halogens is 1. The average molecular weight is 405 g/mol. The van der Waals surface area contributed by atoms with Crippen molar-refractivity contribution < 1.29 is 29.2 Å². The van der Waals surface area contributed by atoms with Gasteiger partial charge in [-0.25, -0.2) is 9.37 Å². The maximum Gasteiger partial charge on any atom is 0.320 e.